The number of hydrogen-bond donors (Lipinski definition) is 1. The van der Waals surface area contributed by atoms with Crippen molar-refractivity contribution in [3.63, 3.8) is 0 Å². The molecule has 1 saturated heterocycles. The molecular formula is C18H29NO6. The quantitative estimate of drug-likeness (QED) is 0.255. The normalized spacial score (nSPS) is 15.2. The Kier molecular flexibility index (Phi) is 8.09. The van der Waals surface area contributed by atoms with E-state index in [9.17, 15) is 14.4 Å². The number of esters is 3. The van der Waals surface area contributed by atoms with Crippen molar-refractivity contribution in [1.82, 2.24) is 5.32 Å². The number of carbonyl (C=O) groups excluding carboxylic acids is 3. The third-order valence-electron chi connectivity index (χ3n) is 3.59. The van der Waals surface area contributed by atoms with Crippen LogP contribution in [0.5, 0.6) is 0 Å². The molecule has 1 aliphatic heterocycles. The first-order valence-corrected chi connectivity index (χ1v) is 8.73. The van der Waals surface area contributed by atoms with Gasteiger partial charge in [-0.25, -0.2) is 14.4 Å². The molecule has 0 saturated carbocycles. The van der Waals surface area contributed by atoms with Crippen LogP contribution in [0.4, 0.5) is 0 Å². The lowest BCUT2D eigenvalue weighted by Crippen LogP contribution is -2.36. The lowest BCUT2D eigenvalue weighted by Gasteiger charge is -2.28. The van der Waals surface area contributed by atoms with Crippen molar-refractivity contribution in [2.45, 2.75) is 53.1 Å². The van der Waals surface area contributed by atoms with Gasteiger partial charge in [-0.3, -0.25) is 0 Å². The fourth-order valence-electron chi connectivity index (χ4n) is 2.63. The van der Waals surface area contributed by atoms with Crippen molar-refractivity contribution >= 4 is 17.9 Å². The molecule has 1 heterocycles. The van der Waals surface area contributed by atoms with Crippen LogP contribution in [0.2, 0.25) is 0 Å². The van der Waals surface area contributed by atoms with Crippen LogP contribution >= 0.6 is 0 Å². The molecule has 25 heavy (non-hydrogen) atoms. The maximum absolute atomic E-state index is 12.8. The highest BCUT2D eigenvalue weighted by Crippen LogP contribution is 2.28. The average molecular weight is 355 g/mol. The molecule has 7 heteroatoms. The van der Waals surface area contributed by atoms with Gasteiger partial charge in [-0.15, -0.1) is 0 Å². The molecule has 0 radical (unpaired) electrons. The molecule has 1 fully saturated rings. The summed E-state index contributed by atoms with van der Waals surface area (Å²) in [6.45, 7) is 10.0. The molecule has 0 aliphatic carbocycles. The maximum Gasteiger partial charge on any atom is 0.346 e. The zero-order valence-corrected chi connectivity index (χ0v) is 15.8. The van der Waals surface area contributed by atoms with Crippen LogP contribution in [0.1, 0.15) is 47.5 Å². The summed E-state index contributed by atoms with van der Waals surface area (Å²) in [6.07, 6.45) is 1.24. The molecule has 0 bridgehead atoms. The van der Waals surface area contributed by atoms with E-state index in [1.807, 2.05) is 0 Å². The molecule has 0 unspecified atom stereocenters. The second-order valence-electron chi connectivity index (χ2n) is 6.76. The molecule has 7 nitrogen and oxygen atoms in total. The fraction of sp³-hybridized carbons (Fsp3) is 0.722. The highest BCUT2D eigenvalue weighted by atomic mass is 16.6. The van der Waals surface area contributed by atoms with Gasteiger partial charge in [-0.05, 0) is 66.5 Å². The van der Waals surface area contributed by atoms with Gasteiger partial charge in [0.25, 0.3) is 0 Å². The first-order chi connectivity index (χ1) is 11.7. The third kappa shape index (κ3) is 6.49. The first-order valence-electron chi connectivity index (χ1n) is 8.73. The zero-order chi connectivity index (χ0) is 19.0. The highest BCUT2D eigenvalue weighted by Gasteiger charge is 2.36. The smallest absolute Gasteiger partial charge is 0.346 e. The summed E-state index contributed by atoms with van der Waals surface area (Å²) in [6, 6.07) is 0. The fourth-order valence-corrected chi connectivity index (χ4v) is 2.63. The third-order valence-corrected chi connectivity index (χ3v) is 3.59. The molecule has 0 atom stereocenters. The van der Waals surface area contributed by atoms with E-state index in [4.69, 9.17) is 14.2 Å². The Morgan fingerprint density at radius 3 is 1.80 bits per heavy atom. The van der Waals surface area contributed by atoms with E-state index in [1.54, 1.807) is 34.6 Å². The minimum absolute atomic E-state index is 0.0633. The molecule has 0 aromatic heterocycles. The number of carbonyl (C=O) groups is 3. The van der Waals surface area contributed by atoms with Crippen molar-refractivity contribution < 1.29 is 28.6 Å². The Labute approximate surface area is 149 Å². The van der Waals surface area contributed by atoms with Gasteiger partial charge in [0.15, 0.2) is 5.57 Å². The molecule has 0 spiro atoms. The Hall–Kier alpha value is -1.89. The maximum atomic E-state index is 12.8. The van der Waals surface area contributed by atoms with Gasteiger partial charge in [0.2, 0.25) is 0 Å². The predicted molar refractivity (Wildman–Crippen MR) is 91.7 cm³/mol. The molecule has 1 aliphatic rings. The standard InChI is InChI=1S/C18H29NO6/c1-6-23-15(20)14(16(21)24-7-2)13(12-8-10-19-11-9-12)17(22)25-18(3,4)5/h12,19H,6-11H2,1-5H3. The molecule has 1 rings (SSSR count). The second-order valence-corrected chi connectivity index (χ2v) is 6.76. The Balaban J connectivity index is 3.41. The van der Waals surface area contributed by atoms with Gasteiger partial charge in [-0.1, -0.05) is 0 Å². The van der Waals surface area contributed by atoms with Crippen LogP contribution in [0.3, 0.4) is 0 Å². The highest BCUT2D eigenvalue weighted by molar-refractivity contribution is 6.19. The number of piperidine rings is 1. The summed E-state index contributed by atoms with van der Waals surface area (Å²) in [5.41, 5.74) is -1.03. The molecule has 0 aromatic carbocycles. The number of ether oxygens (including phenoxy) is 3. The van der Waals surface area contributed by atoms with Gasteiger partial charge >= 0.3 is 17.9 Å². The summed E-state index contributed by atoms with van der Waals surface area (Å²) in [4.78, 5) is 37.6. The van der Waals surface area contributed by atoms with Gasteiger partial charge in [0.1, 0.15) is 5.60 Å². The predicted octanol–water partition coefficient (Wildman–Crippen LogP) is 1.75. The second kappa shape index (κ2) is 9.56. The summed E-state index contributed by atoms with van der Waals surface area (Å²) < 4.78 is 15.5. The monoisotopic (exact) mass is 355 g/mol. The molecule has 0 amide bonds. The van der Waals surface area contributed by atoms with E-state index in [2.05, 4.69) is 5.32 Å². The Morgan fingerprint density at radius 2 is 1.40 bits per heavy atom. The van der Waals surface area contributed by atoms with E-state index in [1.165, 1.54) is 0 Å². The van der Waals surface area contributed by atoms with Gasteiger partial charge in [0.05, 0.1) is 18.8 Å². The van der Waals surface area contributed by atoms with E-state index in [-0.39, 0.29) is 30.3 Å². The minimum atomic E-state index is -0.847. The van der Waals surface area contributed by atoms with E-state index < -0.39 is 23.5 Å². The van der Waals surface area contributed by atoms with Crippen molar-refractivity contribution in [1.29, 1.82) is 0 Å². The molecule has 1 N–H and O–H groups in total. The van der Waals surface area contributed by atoms with E-state index in [0.717, 1.165) is 0 Å². The van der Waals surface area contributed by atoms with Gasteiger partial charge in [-0.2, -0.15) is 0 Å². The van der Waals surface area contributed by atoms with Gasteiger partial charge < -0.3 is 19.5 Å². The van der Waals surface area contributed by atoms with Crippen LogP contribution < -0.4 is 5.32 Å². The first kappa shape index (κ1) is 21.2. The van der Waals surface area contributed by atoms with Crippen LogP contribution in [0.15, 0.2) is 11.1 Å². The van der Waals surface area contributed by atoms with E-state index >= 15 is 0 Å². The van der Waals surface area contributed by atoms with Crippen LogP contribution in [0, 0.1) is 5.92 Å². The summed E-state index contributed by atoms with van der Waals surface area (Å²) in [5, 5.41) is 3.20. The number of rotatable bonds is 6. The summed E-state index contributed by atoms with van der Waals surface area (Å²) in [5.74, 6) is -2.63. The summed E-state index contributed by atoms with van der Waals surface area (Å²) >= 11 is 0. The molecule has 142 valence electrons. The molecular weight excluding hydrogens is 326 g/mol. The summed E-state index contributed by atoms with van der Waals surface area (Å²) in [7, 11) is 0. The van der Waals surface area contributed by atoms with Crippen molar-refractivity contribution in [3.8, 4) is 0 Å². The van der Waals surface area contributed by atoms with Crippen molar-refractivity contribution in [2.24, 2.45) is 5.92 Å². The Morgan fingerprint density at radius 1 is 0.920 bits per heavy atom. The average Bonchev–Trinajstić information content (AvgIpc) is 2.51. The largest absolute Gasteiger partial charge is 0.462 e. The minimum Gasteiger partial charge on any atom is -0.462 e. The number of hydrogen-bond acceptors (Lipinski definition) is 7. The Bertz CT molecular complexity index is 506. The number of nitrogens with one attached hydrogen (secondary N) is 1. The van der Waals surface area contributed by atoms with Crippen molar-refractivity contribution in [2.75, 3.05) is 26.3 Å². The lowest BCUT2D eigenvalue weighted by atomic mass is 9.86. The lowest BCUT2D eigenvalue weighted by molar-refractivity contribution is -0.154. The van der Waals surface area contributed by atoms with Gasteiger partial charge in [0, 0.05) is 0 Å². The van der Waals surface area contributed by atoms with Crippen LogP contribution in [-0.2, 0) is 28.6 Å². The van der Waals surface area contributed by atoms with Crippen LogP contribution in [0.25, 0.3) is 0 Å². The van der Waals surface area contributed by atoms with Crippen molar-refractivity contribution in [3.05, 3.63) is 11.1 Å². The van der Waals surface area contributed by atoms with Crippen LogP contribution in [-0.4, -0.2) is 49.8 Å². The molecule has 0 aromatic rings. The SMILES string of the molecule is CCOC(=O)C(C(=O)OCC)=C(C(=O)OC(C)(C)C)C1CCNCC1. The zero-order valence-electron chi connectivity index (χ0n) is 15.8. The topological polar surface area (TPSA) is 90.9 Å². The van der Waals surface area contributed by atoms with E-state index in [0.29, 0.717) is 25.9 Å².